The largest absolute Gasteiger partial charge is 0.350 e. The van der Waals surface area contributed by atoms with Gasteiger partial charge < -0.3 is 14.8 Å². The van der Waals surface area contributed by atoms with Crippen LogP contribution in [0.1, 0.15) is 34.2 Å². The molecule has 1 aliphatic heterocycles. The monoisotopic (exact) mass is 619 g/mol. The number of ketones is 1. The molecule has 0 unspecified atom stereocenters. The highest BCUT2D eigenvalue weighted by Crippen LogP contribution is 2.29. The fraction of sp³-hybridized carbons (Fsp3) is 0.258. The Morgan fingerprint density at radius 1 is 1.12 bits per heavy atom. The number of hydrogen-bond donors (Lipinski definition) is 1. The average Bonchev–Trinajstić information content (AvgIpc) is 3.50. The molecule has 3 heterocycles. The highest BCUT2D eigenvalue weighted by atomic mass is 35.5. The molecule has 1 aliphatic rings. The van der Waals surface area contributed by atoms with Crippen LogP contribution in [-0.2, 0) is 22.7 Å². The summed E-state index contributed by atoms with van der Waals surface area (Å²) >= 11 is 5.87. The van der Waals surface area contributed by atoms with Crippen molar-refractivity contribution in [3.8, 4) is 11.8 Å². The molecule has 1 atom stereocenters. The second kappa shape index (κ2) is 12.1. The van der Waals surface area contributed by atoms with Crippen molar-refractivity contribution in [3.05, 3.63) is 94.2 Å². The van der Waals surface area contributed by atoms with Gasteiger partial charge in [0.2, 0.25) is 17.6 Å². The molecule has 0 aliphatic carbocycles. The maximum absolute atomic E-state index is 14.4. The minimum Gasteiger partial charge on any atom is -0.350 e. The van der Waals surface area contributed by atoms with Gasteiger partial charge in [0.15, 0.2) is 11.6 Å². The van der Waals surface area contributed by atoms with E-state index in [1.807, 2.05) is 0 Å². The van der Waals surface area contributed by atoms with Gasteiger partial charge in [-0.3, -0.25) is 14.4 Å². The van der Waals surface area contributed by atoms with Crippen molar-refractivity contribution in [2.75, 3.05) is 6.17 Å². The van der Waals surface area contributed by atoms with Gasteiger partial charge in [-0.25, -0.2) is 18.7 Å². The van der Waals surface area contributed by atoms with Crippen LogP contribution in [0.4, 0.5) is 8.78 Å². The van der Waals surface area contributed by atoms with E-state index in [0.717, 1.165) is 12.4 Å². The average molecular weight is 620 g/mol. The maximum Gasteiger partial charge on any atom is 0.242 e. The molecule has 43 heavy (non-hydrogen) atoms. The predicted molar refractivity (Wildman–Crippen MR) is 161 cm³/mol. The molecule has 8 nitrogen and oxygen atoms in total. The van der Waals surface area contributed by atoms with Crippen LogP contribution in [0.15, 0.2) is 55.0 Å². The number of fused-ring (bicyclic) bond motifs is 1. The molecule has 0 radical (unpaired) electrons. The van der Waals surface area contributed by atoms with Gasteiger partial charge >= 0.3 is 0 Å². The van der Waals surface area contributed by atoms with Crippen molar-refractivity contribution in [1.82, 2.24) is 24.8 Å². The number of Topliss-reactive ketones (excluding diaryl/α,β-unsaturated/α-hetero) is 1. The summed E-state index contributed by atoms with van der Waals surface area (Å²) in [5, 5.41) is 3.38. The van der Waals surface area contributed by atoms with Crippen molar-refractivity contribution in [1.29, 1.82) is 0 Å². The molecule has 0 spiro atoms. The van der Waals surface area contributed by atoms with Crippen LogP contribution in [-0.4, -0.2) is 57.3 Å². The number of hydrogen-bond acceptors (Lipinski definition) is 5. The third-order valence-electron chi connectivity index (χ3n) is 7.33. The highest BCUT2D eigenvalue weighted by Gasteiger charge is 2.44. The van der Waals surface area contributed by atoms with E-state index in [0.29, 0.717) is 34.2 Å². The molecule has 12 heteroatoms. The molecule has 0 bridgehead atoms. The smallest absolute Gasteiger partial charge is 0.242 e. The van der Waals surface area contributed by atoms with E-state index in [2.05, 4.69) is 40.2 Å². The third kappa shape index (κ3) is 6.66. The van der Waals surface area contributed by atoms with Gasteiger partial charge in [0.1, 0.15) is 18.4 Å². The van der Waals surface area contributed by atoms with Gasteiger partial charge in [-0.15, -0.1) is 0 Å². The number of nitrogens with one attached hydrogen (secondary N) is 1. The van der Waals surface area contributed by atoms with E-state index < -0.39 is 25.8 Å². The molecule has 2 aromatic heterocycles. The van der Waals surface area contributed by atoms with Crippen molar-refractivity contribution in [2.45, 2.75) is 45.2 Å². The molecule has 0 saturated carbocycles. The standard InChI is InChI=1S/C31H28ClF2N5O3Si/c1-19(40)24-15-38(26-9-7-20(11-23(24)26)8-10-28-35-13-22(33)14-36-28)16-29(41)39-18-43(2,3)17-27(39)31(42)37-12-21-5-4-6-25(32)30(21)34/h4-7,9,11,13-15,27H,12,16-18H2,1-3H3,(H,37,42)/t27-/m0/s1. The van der Waals surface area contributed by atoms with E-state index in [4.69, 9.17) is 11.6 Å². The fourth-order valence-corrected chi connectivity index (χ4v) is 8.37. The zero-order valence-electron chi connectivity index (χ0n) is 23.7. The maximum atomic E-state index is 14.4. The first-order chi connectivity index (χ1) is 20.4. The Kier molecular flexibility index (Phi) is 8.44. The van der Waals surface area contributed by atoms with Gasteiger partial charge in [0, 0.05) is 46.5 Å². The van der Waals surface area contributed by atoms with E-state index in [1.54, 1.807) is 46.0 Å². The topological polar surface area (TPSA) is 97.2 Å². The van der Waals surface area contributed by atoms with Crippen LogP contribution in [0.2, 0.25) is 24.2 Å². The summed E-state index contributed by atoms with van der Waals surface area (Å²) in [5.41, 5.74) is 1.94. The van der Waals surface area contributed by atoms with E-state index in [9.17, 15) is 23.2 Å². The van der Waals surface area contributed by atoms with E-state index >= 15 is 0 Å². The van der Waals surface area contributed by atoms with Crippen LogP contribution in [0.25, 0.3) is 10.9 Å². The molecule has 2 aromatic carbocycles. The molecular formula is C31H28ClF2N5O3Si. The molecule has 2 amide bonds. The number of rotatable bonds is 6. The van der Waals surface area contributed by atoms with Crippen LogP contribution in [0.3, 0.4) is 0 Å². The zero-order chi connectivity index (χ0) is 30.9. The Bertz CT molecular complexity index is 1810. The van der Waals surface area contributed by atoms with Crippen LogP contribution >= 0.6 is 11.6 Å². The van der Waals surface area contributed by atoms with Crippen LogP contribution in [0.5, 0.6) is 0 Å². The first-order valence-corrected chi connectivity index (χ1v) is 17.3. The second-order valence-electron chi connectivity index (χ2n) is 11.3. The molecular weight excluding hydrogens is 592 g/mol. The number of halogens is 3. The predicted octanol–water partition coefficient (Wildman–Crippen LogP) is 4.74. The number of aromatic nitrogens is 3. The van der Waals surface area contributed by atoms with Gasteiger partial charge in [0.25, 0.3) is 0 Å². The second-order valence-corrected chi connectivity index (χ2v) is 16.7. The Morgan fingerprint density at radius 2 is 1.86 bits per heavy atom. The van der Waals surface area contributed by atoms with Crippen molar-refractivity contribution in [3.63, 3.8) is 0 Å². The molecule has 1 saturated heterocycles. The normalized spacial score (nSPS) is 15.7. The van der Waals surface area contributed by atoms with Crippen LogP contribution in [0, 0.1) is 23.5 Å². The van der Waals surface area contributed by atoms with Gasteiger partial charge in [-0.05, 0) is 43.2 Å². The van der Waals surface area contributed by atoms with E-state index in [1.165, 1.54) is 13.0 Å². The Morgan fingerprint density at radius 3 is 2.58 bits per heavy atom. The lowest BCUT2D eigenvalue weighted by Gasteiger charge is -2.25. The summed E-state index contributed by atoms with van der Waals surface area (Å²) in [6.07, 6.45) is 4.20. The quantitative estimate of drug-likeness (QED) is 0.191. The Hall–Kier alpha value is -4.40. The molecule has 220 valence electrons. The number of benzene rings is 2. The SMILES string of the molecule is CC(=O)c1cn(CC(=O)N2C[Si](C)(C)C[C@H]2C(=O)NCc2cccc(Cl)c2F)c2ccc(C#Cc3ncc(F)cn3)cc12. The molecule has 5 rings (SSSR count). The Labute approximate surface area is 253 Å². The number of nitrogens with zero attached hydrogens (tertiary/aromatic N) is 4. The lowest BCUT2D eigenvalue weighted by molar-refractivity contribution is -0.138. The lowest BCUT2D eigenvalue weighted by Crippen LogP contribution is -2.46. The number of carbonyl (C=O) groups is 3. The minimum atomic E-state index is -1.91. The lowest BCUT2D eigenvalue weighted by atomic mass is 10.1. The number of carbonyl (C=O) groups excluding carboxylic acids is 3. The summed E-state index contributed by atoms with van der Waals surface area (Å²) in [5.74, 6) is 3.93. The number of amides is 2. The van der Waals surface area contributed by atoms with Crippen molar-refractivity contribution < 1.29 is 23.2 Å². The summed E-state index contributed by atoms with van der Waals surface area (Å²) in [6, 6.07) is 9.77. The highest BCUT2D eigenvalue weighted by molar-refractivity contribution is 6.79. The van der Waals surface area contributed by atoms with Gasteiger partial charge in [-0.1, -0.05) is 42.7 Å². The van der Waals surface area contributed by atoms with Crippen molar-refractivity contribution in [2.24, 2.45) is 0 Å². The van der Waals surface area contributed by atoms with E-state index in [-0.39, 0.29) is 47.1 Å². The first-order valence-electron chi connectivity index (χ1n) is 13.6. The summed E-state index contributed by atoms with van der Waals surface area (Å²) in [4.78, 5) is 48.7. The molecule has 4 aromatic rings. The molecule has 1 N–H and O–H groups in total. The van der Waals surface area contributed by atoms with Gasteiger partial charge in [0.05, 0.1) is 25.5 Å². The summed E-state index contributed by atoms with van der Waals surface area (Å²) in [7, 11) is -1.91. The van der Waals surface area contributed by atoms with Crippen molar-refractivity contribution >= 4 is 48.2 Å². The fourth-order valence-electron chi connectivity index (χ4n) is 5.28. The first kappa shape index (κ1) is 30.1. The molecule has 1 fully saturated rings. The summed E-state index contributed by atoms with van der Waals surface area (Å²) in [6.45, 7) is 5.57. The Balaban J connectivity index is 1.37. The summed E-state index contributed by atoms with van der Waals surface area (Å²) < 4.78 is 29.1. The van der Waals surface area contributed by atoms with Crippen LogP contribution < -0.4 is 5.32 Å². The van der Waals surface area contributed by atoms with Gasteiger partial charge in [-0.2, -0.15) is 0 Å². The minimum absolute atomic E-state index is 0.0251. The third-order valence-corrected chi connectivity index (χ3v) is 10.3. The zero-order valence-corrected chi connectivity index (χ0v) is 25.5.